The summed E-state index contributed by atoms with van der Waals surface area (Å²) in [5, 5.41) is 0. The van der Waals surface area contributed by atoms with Crippen molar-refractivity contribution < 1.29 is 14.2 Å². The van der Waals surface area contributed by atoms with E-state index >= 15 is 0 Å². The second-order valence-electron chi connectivity index (χ2n) is 7.75. The molecule has 2 bridgehead atoms. The topological polar surface area (TPSA) is 30.9 Å². The second kappa shape index (κ2) is 4.92. The Bertz CT molecular complexity index is 728. The zero-order chi connectivity index (χ0) is 16.5. The van der Waals surface area contributed by atoms with Gasteiger partial charge in [0.15, 0.2) is 11.5 Å². The highest BCUT2D eigenvalue weighted by molar-refractivity contribution is 5.62. The number of likely N-dealkylation sites (N-methyl/N-ethyl adjacent to an activating group) is 1. The summed E-state index contributed by atoms with van der Waals surface area (Å²) in [6, 6.07) is 4.97. The summed E-state index contributed by atoms with van der Waals surface area (Å²) < 4.78 is 17.7. The van der Waals surface area contributed by atoms with E-state index in [4.69, 9.17) is 14.2 Å². The Labute approximate surface area is 143 Å². The summed E-state index contributed by atoms with van der Waals surface area (Å²) in [5.74, 6) is 2.54. The summed E-state index contributed by atoms with van der Waals surface area (Å²) in [6.45, 7) is 1.14. The lowest BCUT2D eigenvalue weighted by atomic mass is 9.51. The summed E-state index contributed by atoms with van der Waals surface area (Å²) in [7, 11) is 5.77. The number of hydrogen-bond acceptors (Lipinski definition) is 4. The first-order valence-electron chi connectivity index (χ1n) is 8.99. The Morgan fingerprint density at radius 2 is 2.21 bits per heavy atom. The van der Waals surface area contributed by atoms with E-state index in [0.717, 1.165) is 37.3 Å². The molecule has 2 aliphatic heterocycles. The third kappa shape index (κ3) is 1.58. The van der Waals surface area contributed by atoms with Gasteiger partial charge in [-0.15, -0.1) is 0 Å². The lowest BCUT2D eigenvalue weighted by molar-refractivity contribution is -0.0228. The van der Waals surface area contributed by atoms with E-state index in [0.29, 0.717) is 12.0 Å². The van der Waals surface area contributed by atoms with E-state index in [2.05, 4.69) is 24.1 Å². The third-order valence-electron chi connectivity index (χ3n) is 6.95. The van der Waals surface area contributed by atoms with Crippen molar-refractivity contribution in [2.75, 3.05) is 27.8 Å². The molecule has 24 heavy (non-hydrogen) atoms. The van der Waals surface area contributed by atoms with Gasteiger partial charge in [-0.2, -0.15) is 0 Å². The van der Waals surface area contributed by atoms with E-state index in [-0.39, 0.29) is 11.5 Å². The number of nitrogens with zero attached hydrogens (tertiary/aromatic N) is 1. The van der Waals surface area contributed by atoms with Gasteiger partial charge in [-0.1, -0.05) is 6.07 Å². The summed E-state index contributed by atoms with van der Waals surface area (Å²) >= 11 is 0. The number of methoxy groups -OCH3 is 2. The Hall–Kier alpha value is -1.68. The highest BCUT2D eigenvalue weighted by atomic mass is 16.5. The minimum absolute atomic E-state index is 0.108. The Morgan fingerprint density at radius 1 is 1.33 bits per heavy atom. The lowest BCUT2D eigenvalue weighted by Gasteiger charge is -2.57. The van der Waals surface area contributed by atoms with Crippen LogP contribution in [0.25, 0.3) is 0 Å². The standard InChI is InChI=1S/C20H25NO3/c1-21-9-8-20-14-6-4-13(11-22-2)19(20)24-18-16(23-3)7-5-12(17(18)20)10-15(14)21/h5,7,11,14-15,19H,4,6,8-10H2,1-3H3/b13-11-/t14-,15+,19-,20-/m0/s1. The predicted octanol–water partition coefficient (Wildman–Crippen LogP) is 2.89. The molecule has 2 fully saturated rings. The van der Waals surface area contributed by atoms with E-state index in [9.17, 15) is 0 Å². The maximum absolute atomic E-state index is 6.61. The van der Waals surface area contributed by atoms with Crippen molar-refractivity contribution in [3.63, 3.8) is 0 Å². The first-order chi connectivity index (χ1) is 11.7. The molecule has 1 aromatic carbocycles. The molecule has 4 aliphatic rings. The van der Waals surface area contributed by atoms with Crippen LogP contribution in [0.2, 0.25) is 0 Å². The van der Waals surface area contributed by atoms with E-state index < -0.39 is 0 Å². The number of benzene rings is 1. The van der Waals surface area contributed by atoms with Crippen LogP contribution in [0.4, 0.5) is 0 Å². The maximum atomic E-state index is 6.61. The molecule has 4 atom stereocenters. The van der Waals surface area contributed by atoms with Crippen LogP contribution in [0.5, 0.6) is 11.5 Å². The van der Waals surface area contributed by atoms with Crippen LogP contribution in [-0.4, -0.2) is 44.9 Å². The fraction of sp³-hybridized carbons (Fsp3) is 0.600. The van der Waals surface area contributed by atoms with Crippen molar-refractivity contribution in [3.05, 3.63) is 35.1 Å². The van der Waals surface area contributed by atoms with Crippen molar-refractivity contribution in [1.82, 2.24) is 4.90 Å². The van der Waals surface area contributed by atoms with Gasteiger partial charge in [0.2, 0.25) is 0 Å². The first kappa shape index (κ1) is 14.6. The van der Waals surface area contributed by atoms with Crippen LogP contribution in [0.3, 0.4) is 0 Å². The molecule has 1 aromatic rings. The van der Waals surface area contributed by atoms with Crippen molar-refractivity contribution in [1.29, 1.82) is 0 Å². The first-order valence-corrected chi connectivity index (χ1v) is 8.99. The molecule has 2 heterocycles. The van der Waals surface area contributed by atoms with Crippen LogP contribution in [0, 0.1) is 5.92 Å². The minimum Gasteiger partial charge on any atom is -0.504 e. The molecule has 2 aliphatic carbocycles. The zero-order valence-electron chi connectivity index (χ0n) is 14.7. The summed E-state index contributed by atoms with van der Waals surface area (Å²) in [6.07, 6.45) is 6.62. The quantitative estimate of drug-likeness (QED) is 0.782. The Kier molecular flexibility index (Phi) is 3.00. The monoisotopic (exact) mass is 327 g/mol. The van der Waals surface area contributed by atoms with Gasteiger partial charge in [0.1, 0.15) is 6.10 Å². The van der Waals surface area contributed by atoms with Crippen LogP contribution in [0.15, 0.2) is 24.0 Å². The maximum Gasteiger partial charge on any atom is 0.166 e. The van der Waals surface area contributed by atoms with Crippen molar-refractivity contribution in [2.24, 2.45) is 5.92 Å². The van der Waals surface area contributed by atoms with Crippen molar-refractivity contribution >= 4 is 0 Å². The second-order valence-corrected chi connectivity index (χ2v) is 7.75. The molecule has 1 saturated heterocycles. The van der Waals surface area contributed by atoms with Gasteiger partial charge in [0.25, 0.3) is 0 Å². The van der Waals surface area contributed by atoms with Crippen LogP contribution < -0.4 is 9.47 Å². The largest absolute Gasteiger partial charge is 0.504 e. The number of likely N-dealkylation sites (tertiary alicyclic amines) is 1. The molecule has 0 radical (unpaired) electrons. The Balaban J connectivity index is 1.77. The molecule has 4 nitrogen and oxygen atoms in total. The molecule has 1 saturated carbocycles. The van der Waals surface area contributed by atoms with E-state index in [1.807, 2.05) is 6.26 Å². The highest BCUT2D eigenvalue weighted by Gasteiger charge is 2.64. The third-order valence-corrected chi connectivity index (χ3v) is 6.95. The molecule has 0 amide bonds. The minimum atomic E-state index is 0.108. The highest BCUT2D eigenvalue weighted by Crippen LogP contribution is 2.64. The smallest absolute Gasteiger partial charge is 0.166 e. The average molecular weight is 327 g/mol. The number of rotatable bonds is 2. The normalized spacial score (nSPS) is 37.8. The lowest BCUT2D eigenvalue weighted by Crippen LogP contribution is -2.63. The van der Waals surface area contributed by atoms with Gasteiger partial charge >= 0.3 is 0 Å². The predicted molar refractivity (Wildman–Crippen MR) is 91.6 cm³/mol. The van der Waals surface area contributed by atoms with Crippen LogP contribution in [0.1, 0.15) is 30.4 Å². The summed E-state index contributed by atoms with van der Waals surface area (Å²) in [5.41, 5.74) is 4.32. The zero-order valence-corrected chi connectivity index (χ0v) is 14.7. The molecule has 0 aromatic heterocycles. The SMILES string of the molecule is CO/C=C1/CC[C@H]2[C@H]3Cc4ccc(OC)c5c4[C@@]2(CCN3C)[C@H]1O5. The van der Waals surface area contributed by atoms with Gasteiger partial charge in [0, 0.05) is 22.6 Å². The molecule has 1 spiro atoms. The van der Waals surface area contributed by atoms with E-state index in [1.165, 1.54) is 23.1 Å². The van der Waals surface area contributed by atoms with Gasteiger partial charge < -0.3 is 19.1 Å². The van der Waals surface area contributed by atoms with Gasteiger partial charge in [-0.25, -0.2) is 0 Å². The fourth-order valence-electron chi connectivity index (χ4n) is 6.02. The molecular formula is C20H25NO3. The molecule has 4 heteroatoms. The van der Waals surface area contributed by atoms with Crippen molar-refractivity contribution in [3.8, 4) is 11.5 Å². The molecule has 128 valence electrons. The number of piperidine rings is 1. The fourth-order valence-corrected chi connectivity index (χ4v) is 6.02. The Morgan fingerprint density at radius 3 is 3.00 bits per heavy atom. The molecule has 5 rings (SSSR count). The van der Waals surface area contributed by atoms with Gasteiger partial charge in [-0.3, -0.25) is 0 Å². The summed E-state index contributed by atoms with van der Waals surface area (Å²) in [4.78, 5) is 2.57. The van der Waals surface area contributed by atoms with Gasteiger partial charge in [-0.05, 0) is 56.8 Å². The molecule has 0 N–H and O–H groups in total. The van der Waals surface area contributed by atoms with Gasteiger partial charge in [0.05, 0.1) is 20.5 Å². The average Bonchev–Trinajstić information content (AvgIpc) is 2.94. The van der Waals surface area contributed by atoms with Crippen LogP contribution >= 0.6 is 0 Å². The molecule has 0 unspecified atom stereocenters. The van der Waals surface area contributed by atoms with E-state index in [1.54, 1.807) is 14.2 Å². The molecular weight excluding hydrogens is 302 g/mol. The van der Waals surface area contributed by atoms with Crippen LogP contribution in [-0.2, 0) is 16.6 Å². The number of hydrogen-bond donors (Lipinski definition) is 0. The van der Waals surface area contributed by atoms with Crippen molar-refractivity contribution in [2.45, 2.75) is 43.2 Å². The number of ether oxygens (including phenoxy) is 3.